The minimum atomic E-state index is -4.51. The number of alkyl halides is 3. The lowest BCUT2D eigenvalue weighted by atomic mass is 10.1. The number of anilines is 2. The number of urea groups is 1. The van der Waals surface area contributed by atoms with E-state index >= 15 is 0 Å². The predicted molar refractivity (Wildman–Crippen MR) is 122 cm³/mol. The number of carbonyl (C=O) groups excluding carboxylic acids is 1. The summed E-state index contributed by atoms with van der Waals surface area (Å²) >= 11 is 0. The number of nitrogens with zero attached hydrogens (tertiary/aromatic N) is 4. The Bertz CT molecular complexity index is 1260. The Hall–Kier alpha value is -3.97. The van der Waals surface area contributed by atoms with Crippen LogP contribution >= 0.6 is 0 Å². The molecule has 1 unspecified atom stereocenters. The van der Waals surface area contributed by atoms with Gasteiger partial charge in [-0.25, -0.2) is 14.8 Å². The number of nitrogens with one attached hydrogen (secondary N) is 1. The number of amides is 2. The molecular formula is C23H22F3N5O5. The third kappa shape index (κ3) is 5.80. The fraction of sp³-hybridized carbons (Fsp3) is 0.304. The molecule has 2 aromatic heterocycles. The number of rotatable bonds is 6. The molecule has 0 aliphatic carbocycles. The molecule has 0 spiro atoms. The summed E-state index contributed by atoms with van der Waals surface area (Å²) in [6.07, 6.45) is -5.61. The molecule has 4 rings (SSSR count). The van der Waals surface area contributed by atoms with Crippen LogP contribution in [0.2, 0.25) is 0 Å². The van der Waals surface area contributed by atoms with Crippen LogP contribution in [0.3, 0.4) is 0 Å². The van der Waals surface area contributed by atoms with Gasteiger partial charge in [0.05, 0.1) is 24.4 Å². The fourth-order valence-corrected chi connectivity index (χ4v) is 3.37. The van der Waals surface area contributed by atoms with E-state index < -0.39 is 30.5 Å². The summed E-state index contributed by atoms with van der Waals surface area (Å²) < 4.78 is 50.3. The number of halogens is 3. The van der Waals surface area contributed by atoms with Gasteiger partial charge in [-0.15, -0.1) is 0 Å². The van der Waals surface area contributed by atoms with Gasteiger partial charge in [-0.3, -0.25) is 10.2 Å². The van der Waals surface area contributed by atoms with E-state index in [4.69, 9.17) is 14.6 Å². The van der Waals surface area contributed by atoms with Gasteiger partial charge in [0.15, 0.2) is 11.6 Å². The van der Waals surface area contributed by atoms with Crippen LogP contribution in [0.25, 0.3) is 11.3 Å². The van der Waals surface area contributed by atoms with Crippen LogP contribution in [0, 0.1) is 6.92 Å². The third-order valence-electron chi connectivity index (χ3n) is 5.08. The molecule has 1 aromatic carbocycles. The van der Waals surface area contributed by atoms with Crippen LogP contribution in [-0.4, -0.2) is 63.7 Å². The molecule has 0 bridgehead atoms. The maximum absolute atomic E-state index is 13.1. The zero-order chi connectivity index (χ0) is 25.9. The van der Waals surface area contributed by atoms with Crippen molar-refractivity contribution in [1.29, 1.82) is 0 Å². The standard InChI is InChI=1S/C23H22F3N5O5/c1-13-9-19(36-12-16(33)11-32)29-21(27-13)30-22(34)31-7-8-35-18-6-5-17(28-20(18)31)14-3-2-4-15(10-14)23(24,25)26/h2-6,9-10,16,32-33H,7-8,11-12H2,1H3,(H,27,29,30,34). The quantitative estimate of drug-likeness (QED) is 0.466. The van der Waals surface area contributed by atoms with Crippen molar-refractivity contribution in [3.8, 4) is 22.9 Å². The maximum Gasteiger partial charge on any atom is 0.416 e. The molecule has 0 fully saturated rings. The second-order valence-electron chi connectivity index (χ2n) is 7.85. The van der Waals surface area contributed by atoms with Crippen molar-refractivity contribution >= 4 is 17.8 Å². The second-order valence-corrected chi connectivity index (χ2v) is 7.85. The fourth-order valence-electron chi connectivity index (χ4n) is 3.37. The van der Waals surface area contributed by atoms with Gasteiger partial charge >= 0.3 is 12.2 Å². The van der Waals surface area contributed by atoms with Gasteiger partial charge in [0.2, 0.25) is 11.8 Å². The molecule has 2 amide bonds. The summed E-state index contributed by atoms with van der Waals surface area (Å²) in [5.41, 5.74) is 0.119. The highest BCUT2D eigenvalue weighted by Crippen LogP contribution is 2.35. The number of ether oxygens (including phenoxy) is 2. The molecule has 3 heterocycles. The van der Waals surface area contributed by atoms with Crippen molar-refractivity contribution in [3.63, 3.8) is 0 Å². The van der Waals surface area contributed by atoms with Crippen LogP contribution < -0.4 is 19.7 Å². The van der Waals surface area contributed by atoms with Gasteiger partial charge in [-0.05, 0) is 31.2 Å². The highest BCUT2D eigenvalue weighted by atomic mass is 19.4. The number of aryl methyl sites for hydroxylation is 1. The summed E-state index contributed by atoms with van der Waals surface area (Å²) in [5, 5.41) is 20.9. The van der Waals surface area contributed by atoms with Crippen molar-refractivity contribution in [2.75, 3.05) is 36.6 Å². The SMILES string of the molecule is Cc1cc(OCC(O)CO)nc(NC(=O)N2CCOc3ccc(-c4cccc(C(F)(F)F)c4)nc32)n1. The van der Waals surface area contributed by atoms with Gasteiger partial charge in [0.25, 0.3) is 0 Å². The van der Waals surface area contributed by atoms with Gasteiger partial charge in [0, 0.05) is 17.3 Å². The van der Waals surface area contributed by atoms with Crippen LogP contribution in [-0.2, 0) is 6.18 Å². The van der Waals surface area contributed by atoms with E-state index in [9.17, 15) is 23.1 Å². The Morgan fingerprint density at radius 2 is 2.03 bits per heavy atom. The minimum absolute atomic E-state index is 0.0736. The van der Waals surface area contributed by atoms with Crippen molar-refractivity contribution in [1.82, 2.24) is 15.0 Å². The largest absolute Gasteiger partial charge is 0.488 e. The van der Waals surface area contributed by atoms with Gasteiger partial charge in [0.1, 0.15) is 19.3 Å². The molecule has 0 saturated heterocycles. The van der Waals surface area contributed by atoms with Crippen molar-refractivity contribution in [2.45, 2.75) is 19.2 Å². The molecule has 0 radical (unpaired) electrons. The number of hydrogen-bond donors (Lipinski definition) is 3. The van der Waals surface area contributed by atoms with E-state index in [1.165, 1.54) is 29.2 Å². The number of aromatic nitrogens is 3. The Labute approximate surface area is 203 Å². The van der Waals surface area contributed by atoms with E-state index in [0.717, 1.165) is 12.1 Å². The lowest BCUT2D eigenvalue weighted by Crippen LogP contribution is -2.41. The first-order valence-corrected chi connectivity index (χ1v) is 10.8. The third-order valence-corrected chi connectivity index (χ3v) is 5.08. The highest BCUT2D eigenvalue weighted by Gasteiger charge is 2.31. The smallest absolute Gasteiger partial charge is 0.416 e. The predicted octanol–water partition coefficient (Wildman–Crippen LogP) is 3.03. The number of benzene rings is 1. The molecule has 1 aliphatic rings. The number of fused-ring (bicyclic) bond motifs is 1. The van der Waals surface area contributed by atoms with Crippen LogP contribution in [0.15, 0.2) is 42.5 Å². The van der Waals surface area contributed by atoms with Gasteiger partial charge < -0.3 is 19.7 Å². The van der Waals surface area contributed by atoms with E-state index in [0.29, 0.717) is 11.4 Å². The average Bonchev–Trinajstić information content (AvgIpc) is 2.85. The monoisotopic (exact) mass is 505 g/mol. The zero-order valence-corrected chi connectivity index (χ0v) is 19.0. The van der Waals surface area contributed by atoms with Crippen molar-refractivity contribution in [3.05, 3.63) is 53.7 Å². The molecule has 3 N–H and O–H groups in total. The summed E-state index contributed by atoms with van der Waals surface area (Å²) in [5.74, 6) is 0.427. The lowest BCUT2D eigenvalue weighted by Gasteiger charge is -2.28. The number of aliphatic hydroxyl groups is 2. The summed E-state index contributed by atoms with van der Waals surface area (Å²) in [6, 6.07) is 8.64. The Kier molecular flexibility index (Phi) is 7.22. The second kappa shape index (κ2) is 10.3. The minimum Gasteiger partial charge on any atom is -0.488 e. The number of hydrogen-bond acceptors (Lipinski definition) is 8. The van der Waals surface area contributed by atoms with Crippen molar-refractivity contribution < 1.29 is 37.7 Å². The molecule has 13 heteroatoms. The average molecular weight is 505 g/mol. The van der Waals surface area contributed by atoms with Crippen LogP contribution in [0.1, 0.15) is 11.3 Å². The topological polar surface area (TPSA) is 130 Å². The normalized spacial score (nSPS) is 14.0. The lowest BCUT2D eigenvalue weighted by molar-refractivity contribution is -0.137. The summed E-state index contributed by atoms with van der Waals surface area (Å²) in [7, 11) is 0. The Morgan fingerprint density at radius 3 is 2.78 bits per heavy atom. The summed E-state index contributed by atoms with van der Waals surface area (Å²) in [4.78, 5) is 27.0. The number of carbonyl (C=O) groups is 1. The molecule has 0 saturated carbocycles. The molecular weight excluding hydrogens is 483 g/mol. The molecule has 1 aliphatic heterocycles. The van der Waals surface area contributed by atoms with E-state index in [2.05, 4.69) is 20.3 Å². The summed E-state index contributed by atoms with van der Waals surface area (Å²) in [6.45, 7) is 1.25. The highest BCUT2D eigenvalue weighted by molar-refractivity contribution is 6.01. The van der Waals surface area contributed by atoms with Crippen LogP contribution in [0.4, 0.5) is 29.7 Å². The van der Waals surface area contributed by atoms with Gasteiger partial charge in [-0.1, -0.05) is 12.1 Å². The molecule has 36 heavy (non-hydrogen) atoms. The van der Waals surface area contributed by atoms with E-state index in [1.54, 1.807) is 13.0 Å². The first kappa shape index (κ1) is 25.1. The van der Waals surface area contributed by atoms with E-state index in [1.807, 2.05) is 0 Å². The zero-order valence-electron chi connectivity index (χ0n) is 19.0. The molecule has 190 valence electrons. The molecule has 10 nitrogen and oxygen atoms in total. The first-order chi connectivity index (χ1) is 17.1. The van der Waals surface area contributed by atoms with E-state index in [-0.39, 0.29) is 48.7 Å². The Morgan fingerprint density at radius 1 is 1.22 bits per heavy atom. The van der Waals surface area contributed by atoms with Crippen molar-refractivity contribution in [2.24, 2.45) is 0 Å². The van der Waals surface area contributed by atoms with Crippen LogP contribution in [0.5, 0.6) is 11.6 Å². The molecule has 3 aromatic rings. The number of pyridine rings is 1. The van der Waals surface area contributed by atoms with Gasteiger partial charge in [-0.2, -0.15) is 18.2 Å². The first-order valence-electron chi connectivity index (χ1n) is 10.8. The molecule has 1 atom stereocenters. The Balaban J connectivity index is 1.57. The maximum atomic E-state index is 13.1. The number of aliphatic hydroxyl groups excluding tert-OH is 2.